The Hall–Kier alpha value is -5.41. The molecule has 6 rings (SSSR count). The summed E-state index contributed by atoms with van der Waals surface area (Å²) in [5.41, 5.74) is 2.42. The van der Waals surface area contributed by atoms with Gasteiger partial charge in [0.15, 0.2) is 5.57 Å². The molecule has 2 aromatic carbocycles. The van der Waals surface area contributed by atoms with E-state index in [0.717, 1.165) is 11.8 Å². The number of methoxy groups -OCH3 is 1. The number of hydrogen-bond donors (Lipinski definition) is 2. The number of rotatable bonds is 7. The number of hydrogen-bond acceptors (Lipinski definition) is 8. The summed E-state index contributed by atoms with van der Waals surface area (Å²) < 4.78 is 10.8. The number of likely N-dealkylation sites (tertiary alicyclic amines) is 1. The van der Waals surface area contributed by atoms with Crippen molar-refractivity contribution in [2.24, 2.45) is 0 Å². The molecule has 4 heterocycles. The van der Waals surface area contributed by atoms with Crippen LogP contribution in [0.5, 0.6) is 11.5 Å². The molecule has 2 aliphatic heterocycles. The maximum atomic E-state index is 13.6. The van der Waals surface area contributed by atoms with Gasteiger partial charge in [0.2, 0.25) is 0 Å². The number of pyridine rings is 1. The molecule has 44 heavy (non-hydrogen) atoms. The van der Waals surface area contributed by atoms with Crippen LogP contribution >= 0.6 is 11.3 Å². The van der Waals surface area contributed by atoms with Crippen LogP contribution in [0.1, 0.15) is 28.1 Å². The highest BCUT2D eigenvalue weighted by atomic mass is 32.1. The van der Waals surface area contributed by atoms with Crippen LogP contribution in [0, 0.1) is 18.3 Å². The van der Waals surface area contributed by atoms with Gasteiger partial charge in [-0.3, -0.25) is 14.5 Å². The number of anilines is 3. The first-order valence-electron chi connectivity index (χ1n) is 14.0. The topological polar surface area (TPSA) is 137 Å². The van der Waals surface area contributed by atoms with Crippen molar-refractivity contribution in [3.05, 3.63) is 83.1 Å². The van der Waals surface area contributed by atoms with Gasteiger partial charge >= 0.3 is 6.03 Å². The molecule has 0 radical (unpaired) electrons. The lowest BCUT2D eigenvalue weighted by Crippen LogP contribution is -2.50. The van der Waals surface area contributed by atoms with Crippen molar-refractivity contribution in [1.29, 1.82) is 5.26 Å². The van der Waals surface area contributed by atoms with Gasteiger partial charge in [-0.1, -0.05) is 18.2 Å². The Morgan fingerprint density at radius 3 is 2.73 bits per heavy atom. The summed E-state index contributed by atoms with van der Waals surface area (Å²) in [7, 11) is 1.37. The number of aryl methyl sites for hydroxylation is 1. The van der Waals surface area contributed by atoms with Gasteiger partial charge in [-0.15, -0.1) is 11.3 Å². The number of amides is 4. The van der Waals surface area contributed by atoms with Crippen LogP contribution in [0.15, 0.2) is 72.6 Å². The number of aromatic nitrogens is 1. The number of carbonyl (C=O) groups is 3. The van der Waals surface area contributed by atoms with Gasteiger partial charge in [-0.2, -0.15) is 5.26 Å². The number of nitriles is 1. The lowest BCUT2D eigenvalue weighted by atomic mass is 10.0. The zero-order valence-corrected chi connectivity index (χ0v) is 24.8. The number of urea groups is 1. The lowest BCUT2D eigenvalue weighted by molar-refractivity contribution is -0.128. The minimum atomic E-state index is -0.443. The third-order valence-corrected chi connectivity index (χ3v) is 8.57. The third kappa shape index (κ3) is 5.41. The predicted octanol–water partition coefficient (Wildman–Crippen LogP) is 5.86. The van der Waals surface area contributed by atoms with E-state index in [0.29, 0.717) is 63.0 Å². The predicted molar refractivity (Wildman–Crippen MR) is 166 cm³/mol. The highest BCUT2D eigenvalue weighted by molar-refractivity contribution is 7.21. The van der Waals surface area contributed by atoms with Gasteiger partial charge in [0.05, 0.1) is 29.6 Å². The van der Waals surface area contributed by atoms with Crippen LogP contribution in [0.2, 0.25) is 0 Å². The molecule has 1 fully saturated rings. The Kier molecular flexibility index (Phi) is 7.87. The van der Waals surface area contributed by atoms with E-state index in [4.69, 9.17) is 9.47 Å². The van der Waals surface area contributed by atoms with Crippen LogP contribution in [-0.4, -0.2) is 54.0 Å². The van der Waals surface area contributed by atoms with Crippen molar-refractivity contribution >= 4 is 56.5 Å². The number of para-hydroxylation sites is 1. The van der Waals surface area contributed by atoms with Crippen LogP contribution in [0.4, 0.5) is 21.9 Å². The molecule has 11 nitrogen and oxygen atoms in total. The minimum absolute atomic E-state index is 0.104. The molecule has 222 valence electrons. The Morgan fingerprint density at radius 2 is 1.98 bits per heavy atom. The Morgan fingerprint density at radius 1 is 1.16 bits per heavy atom. The second-order valence-electron chi connectivity index (χ2n) is 10.4. The van der Waals surface area contributed by atoms with E-state index in [1.807, 2.05) is 61.5 Å². The number of nitrogens with zero attached hydrogens (tertiary/aromatic N) is 4. The number of nitrogens with one attached hydrogen (secondary N) is 2. The first-order chi connectivity index (χ1) is 21.4. The highest BCUT2D eigenvalue weighted by Crippen LogP contribution is 2.46. The lowest BCUT2D eigenvalue weighted by Gasteiger charge is -2.33. The minimum Gasteiger partial charge on any atom is -0.503 e. The molecule has 2 aromatic heterocycles. The Labute approximate surface area is 257 Å². The average molecular weight is 609 g/mol. The molecule has 0 saturated carbocycles. The second-order valence-corrected chi connectivity index (χ2v) is 11.4. The maximum absolute atomic E-state index is 13.6. The monoisotopic (exact) mass is 608 g/mol. The van der Waals surface area contributed by atoms with Gasteiger partial charge in [0.25, 0.3) is 11.8 Å². The van der Waals surface area contributed by atoms with E-state index in [-0.39, 0.29) is 24.1 Å². The smallest absolute Gasteiger partial charge is 0.331 e. The number of thiophene rings is 1. The fourth-order valence-corrected chi connectivity index (χ4v) is 6.52. The molecular weight excluding hydrogens is 580 g/mol. The molecule has 4 amide bonds. The zero-order valence-electron chi connectivity index (χ0n) is 24.0. The first-order valence-corrected chi connectivity index (χ1v) is 14.8. The van der Waals surface area contributed by atoms with Crippen molar-refractivity contribution in [1.82, 2.24) is 15.2 Å². The van der Waals surface area contributed by atoms with E-state index in [9.17, 15) is 19.6 Å². The molecule has 0 bridgehead atoms. The molecule has 1 saturated heterocycles. The van der Waals surface area contributed by atoms with Gasteiger partial charge in [0, 0.05) is 25.3 Å². The van der Waals surface area contributed by atoms with Crippen LogP contribution in [0.25, 0.3) is 10.2 Å². The summed E-state index contributed by atoms with van der Waals surface area (Å²) in [4.78, 5) is 48.5. The fraction of sp³-hybridized carbons (Fsp3) is 0.219. The van der Waals surface area contributed by atoms with E-state index < -0.39 is 11.9 Å². The van der Waals surface area contributed by atoms with Crippen LogP contribution in [0.3, 0.4) is 0 Å². The van der Waals surface area contributed by atoms with Crippen molar-refractivity contribution in [3.63, 3.8) is 0 Å². The van der Waals surface area contributed by atoms with E-state index in [2.05, 4.69) is 15.6 Å². The van der Waals surface area contributed by atoms with Gasteiger partial charge in [0.1, 0.15) is 33.5 Å². The summed E-state index contributed by atoms with van der Waals surface area (Å²) in [6.45, 7) is 2.63. The molecule has 1 unspecified atom stereocenters. The number of ether oxygens (including phenoxy) is 2. The maximum Gasteiger partial charge on any atom is 0.331 e. The molecule has 12 heteroatoms. The van der Waals surface area contributed by atoms with E-state index in [1.165, 1.54) is 23.3 Å². The zero-order chi connectivity index (χ0) is 30.8. The summed E-state index contributed by atoms with van der Waals surface area (Å²) >= 11 is 1.19. The molecule has 0 aliphatic carbocycles. The van der Waals surface area contributed by atoms with Crippen LogP contribution < -0.4 is 20.3 Å². The Bertz CT molecular complexity index is 1850. The highest BCUT2D eigenvalue weighted by Gasteiger charge is 2.34. The average Bonchev–Trinajstić information content (AvgIpc) is 3.40. The molecular formula is C32H28N6O5S. The van der Waals surface area contributed by atoms with Crippen molar-refractivity contribution in [2.45, 2.75) is 25.8 Å². The number of benzene rings is 2. The van der Waals surface area contributed by atoms with Gasteiger partial charge in [-0.25, -0.2) is 9.78 Å². The van der Waals surface area contributed by atoms with Gasteiger partial charge in [-0.05, 0) is 61.7 Å². The molecule has 2 aliphatic rings. The summed E-state index contributed by atoms with van der Waals surface area (Å²) in [5, 5.41) is 15.9. The second kappa shape index (κ2) is 12.1. The summed E-state index contributed by atoms with van der Waals surface area (Å²) in [5.74, 6) is 0.545. The third-order valence-electron chi connectivity index (χ3n) is 7.47. The van der Waals surface area contributed by atoms with E-state index >= 15 is 0 Å². The molecule has 1 atom stereocenters. The van der Waals surface area contributed by atoms with E-state index in [1.54, 1.807) is 17.2 Å². The SMILES string of the molecule is COC=C(C#N)C(=O)N1CCCC(NC(=O)c2sc3nccc4c3c2NC(=O)N4c2ccc(Oc3ccccc3)cc2C)C1. The molecule has 2 N–H and O–H groups in total. The number of piperidine rings is 1. The van der Waals surface area contributed by atoms with Crippen molar-refractivity contribution in [2.75, 3.05) is 30.4 Å². The van der Waals surface area contributed by atoms with Crippen LogP contribution in [-0.2, 0) is 9.53 Å². The van der Waals surface area contributed by atoms with Crippen molar-refractivity contribution < 1.29 is 23.9 Å². The fourth-order valence-electron chi connectivity index (χ4n) is 5.49. The normalized spacial score (nSPS) is 16.2. The standard InChI is InChI=1S/C32H28N6O5S/c1-19-15-23(43-22-8-4-3-5-9-22)10-11-24(19)38-25-12-13-34-30-26(25)27(36-32(38)41)28(44-30)29(39)35-21-7-6-14-37(17-21)31(40)20(16-33)18-42-2/h3-5,8-13,15,18,21H,6-7,14,17H2,1-2H3,(H,35,39)(H,36,41). The van der Waals surface area contributed by atoms with Gasteiger partial charge < -0.3 is 25.0 Å². The number of carbonyl (C=O) groups excluding carboxylic acids is 3. The summed E-state index contributed by atoms with van der Waals surface area (Å²) in [6, 6.07) is 17.9. The molecule has 4 aromatic rings. The van der Waals surface area contributed by atoms with Crippen molar-refractivity contribution in [3.8, 4) is 17.6 Å². The Balaban J connectivity index is 1.25. The first kappa shape index (κ1) is 28.7. The quantitative estimate of drug-likeness (QED) is 0.152. The largest absolute Gasteiger partial charge is 0.503 e. The molecule has 0 spiro atoms. The summed E-state index contributed by atoms with van der Waals surface area (Å²) in [6.07, 6.45) is 4.07.